The number of esters is 1. The van der Waals surface area contributed by atoms with Gasteiger partial charge in [0, 0.05) is 6.54 Å². The Bertz CT molecular complexity index is 346. The second kappa shape index (κ2) is 4.10. The van der Waals surface area contributed by atoms with E-state index in [9.17, 15) is 13.2 Å². The van der Waals surface area contributed by atoms with Crippen LogP contribution in [0.3, 0.4) is 0 Å². The van der Waals surface area contributed by atoms with Crippen molar-refractivity contribution in [1.29, 1.82) is 0 Å². The highest BCUT2D eigenvalue weighted by atomic mass is 32.2. The molecule has 1 aliphatic heterocycles. The van der Waals surface area contributed by atoms with Crippen molar-refractivity contribution in [2.24, 2.45) is 0 Å². The summed E-state index contributed by atoms with van der Waals surface area (Å²) in [5.74, 6) is -0.585. The number of carbonyl (C=O) groups is 1. The molecule has 6 heteroatoms. The SMILES string of the molecule is COC(=O)[C@H](C)N1CC=CCS1(=O)=O. The number of sulfonamides is 1. The second-order valence-electron chi connectivity index (χ2n) is 3.02. The average molecular weight is 219 g/mol. The Balaban J connectivity index is 2.87. The predicted octanol–water partition coefficient (Wildman–Crippen LogP) is -0.250. The molecule has 5 nitrogen and oxygen atoms in total. The van der Waals surface area contributed by atoms with Crippen molar-refractivity contribution in [3.05, 3.63) is 12.2 Å². The number of hydrogen-bond donors (Lipinski definition) is 0. The predicted molar refractivity (Wildman–Crippen MR) is 51.1 cm³/mol. The van der Waals surface area contributed by atoms with Crippen LogP contribution in [0.4, 0.5) is 0 Å². The van der Waals surface area contributed by atoms with E-state index < -0.39 is 22.0 Å². The third-order valence-electron chi connectivity index (χ3n) is 2.09. The number of carbonyl (C=O) groups excluding carboxylic acids is 1. The summed E-state index contributed by atoms with van der Waals surface area (Å²) in [5, 5.41) is 0. The maximum absolute atomic E-state index is 11.5. The first-order chi connectivity index (χ1) is 6.49. The highest BCUT2D eigenvalue weighted by molar-refractivity contribution is 7.89. The van der Waals surface area contributed by atoms with Gasteiger partial charge in [0.2, 0.25) is 10.0 Å². The van der Waals surface area contributed by atoms with E-state index in [1.807, 2.05) is 0 Å². The number of rotatable bonds is 2. The van der Waals surface area contributed by atoms with E-state index in [-0.39, 0.29) is 12.3 Å². The van der Waals surface area contributed by atoms with Gasteiger partial charge in [-0.1, -0.05) is 12.2 Å². The minimum Gasteiger partial charge on any atom is -0.468 e. The second-order valence-corrected chi connectivity index (χ2v) is 4.98. The summed E-state index contributed by atoms with van der Waals surface area (Å²) in [4.78, 5) is 11.1. The van der Waals surface area contributed by atoms with Gasteiger partial charge in [-0.2, -0.15) is 4.31 Å². The quantitative estimate of drug-likeness (QED) is 0.474. The Hall–Kier alpha value is -0.880. The highest BCUT2D eigenvalue weighted by Crippen LogP contribution is 2.13. The van der Waals surface area contributed by atoms with E-state index in [1.54, 1.807) is 12.2 Å². The zero-order valence-corrected chi connectivity index (χ0v) is 8.95. The van der Waals surface area contributed by atoms with Crippen molar-refractivity contribution in [3.63, 3.8) is 0 Å². The summed E-state index contributed by atoms with van der Waals surface area (Å²) >= 11 is 0. The molecule has 0 aromatic heterocycles. The molecule has 0 saturated heterocycles. The van der Waals surface area contributed by atoms with E-state index in [1.165, 1.54) is 14.0 Å². The van der Waals surface area contributed by atoms with Crippen LogP contribution in [-0.4, -0.2) is 44.1 Å². The molecular formula is C8H13NO4S. The van der Waals surface area contributed by atoms with Crippen molar-refractivity contribution in [2.75, 3.05) is 19.4 Å². The van der Waals surface area contributed by atoms with Crippen LogP contribution in [0.5, 0.6) is 0 Å². The summed E-state index contributed by atoms with van der Waals surface area (Å²) < 4.78 is 28.6. The van der Waals surface area contributed by atoms with Crippen molar-refractivity contribution in [3.8, 4) is 0 Å². The minimum absolute atomic E-state index is 0.0473. The van der Waals surface area contributed by atoms with E-state index in [4.69, 9.17) is 0 Å². The van der Waals surface area contributed by atoms with Gasteiger partial charge in [0.25, 0.3) is 0 Å². The van der Waals surface area contributed by atoms with Crippen LogP contribution in [0.2, 0.25) is 0 Å². The first-order valence-electron chi connectivity index (χ1n) is 4.21. The summed E-state index contributed by atoms with van der Waals surface area (Å²) in [7, 11) is -2.09. The van der Waals surface area contributed by atoms with Crippen LogP contribution < -0.4 is 0 Å². The fourth-order valence-corrected chi connectivity index (χ4v) is 2.72. The molecule has 0 aromatic rings. The molecule has 0 fully saturated rings. The Morgan fingerprint density at radius 3 is 2.64 bits per heavy atom. The van der Waals surface area contributed by atoms with Crippen molar-refractivity contribution >= 4 is 16.0 Å². The van der Waals surface area contributed by atoms with Crippen molar-refractivity contribution < 1.29 is 17.9 Å². The summed E-state index contributed by atoms with van der Waals surface area (Å²) in [6.45, 7) is 1.75. The molecule has 0 radical (unpaired) electrons. The molecule has 1 aliphatic rings. The lowest BCUT2D eigenvalue weighted by molar-refractivity contribution is -0.144. The first-order valence-corrected chi connectivity index (χ1v) is 5.82. The van der Waals surface area contributed by atoms with E-state index in [2.05, 4.69) is 4.74 Å². The zero-order valence-electron chi connectivity index (χ0n) is 8.13. The van der Waals surface area contributed by atoms with Gasteiger partial charge in [0.1, 0.15) is 6.04 Å². The number of ether oxygens (including phenoxy) is 1. The molecule has 0 saturated carbocycles. The Kier molecular flexibility index (Phi) is 3.28. The van der Waals surface area contributed by atoms with Gasteiger partial charge >= 0.3 is 5.97 Å². The molecule has 0 N–H and O–H groups in total. The molecule has 0 bridgehead atoms. The standard InChI is InChI=1S/C8H13NO4S/c1-7(8(10)13-2)9-5-3-4-6-14(9,11)12/h3-4,7H,5-6H2,1-2H3/t7-/m0/s1. The maximum Gasteiger partial charge on any atom is 0.323 e. The Morgan fingerprint density at radius 2 is 2.14 bits per heavy atom. The monoisotopic (exact) mass is 219 g/mol. The van der Waals surface area contributed by atoms with Gasteiger partial charge < -0.3 is 4.74 Å². The summed E-state index contributed by atoms with van der Waals surface area (Å²) in [5.41, 5.74) is 0. The smallest absolute Gasteiger partial charge is 0.323 e. The topological polar surface area (TPSA) is 63.7 Å². The molecule has 1 heterocycles. The summed E-state index contributed by atoms with van der Waals surface area (Å²) in [6.07, 6.45) is 3.30. The molecule has 1 atom stereocenters. The van der Waals surface area contributed by atoms with Crippen LogP contribution in [0.15, 0.2) is 12.2 Å². The Labute approximate surface area is 83.4 Å². The maximum atomic E-state index is 11.5. The lowest BCUT2D eigenvalue weighted by Gasteiger charge is -2.26. The molecule has 0 aliphatic carbocycles. The van der Waals surface area contributed by atoms with Crippen LogP contribution in [0.1, 0.15) is 6.92 Å². The van der Waals surface area contributed by atoms with Crippen molar-refractivity contribution in [2.45, 2.75) is 13.0 Å². The molecular weight excluding hydrogens is 206 g/mol. The molecule has 0 unspecified atom stereocenters. The summed E-state index contributed by atoms with van der Waals surface area (Å²) in [6, 6.07) is -0.755. The molecule has 0 spiro atoms. The largest absolute Gasteiger partial charge is 0.468 e. The number of nitrogens with zero attached hydrogens (tertiary/aromatic N) is 1. The minimum atomic E-state index is -3.33. The van der Waals surface area contributed by atoms with Crippen LogP contribution in [0, 0.1) is 0 Å². The van der Waals surface area contributed by atoms with E-state index >= 15 is 0 Å². The van der Waals surface area contributed by atoms with Gasteiger partial charge in [0.15, 0.2) is 0 Å². The lowest BCUT2D eigenvalue weighted by Crippen LogP contribution is -2.46. The first kappa shape index (κ1) is 11.2. The van der Waals surface area contributed by atoms with Crippen LogP contribution in [-0.2, 0) is 19.6 Å². The van der Waals surface area contributed by atoms with E-state index in [0.29, 0.717) is 0 Å². The van der Waals surface area contributed by atoms with Gasteiger partial charge in [-0.05, 0) is 6.92 Å². The van der Waals surface area contributed by atoms with Crippen LogP contribution in [0.25, 0.3) is 0 Å². The fourth-order valence-electron chi connectivity index (χ4n) is 1.26. The third-order valence-corrected chi connectivity index (χ3v) is 3.88. The van der Waals surface area contributed by atoms with Gasteiger partial charge in [-0.3, -0.25) is 4.79 Å². The number of hydrogen-bond acceptors (Lipinski definition) is 4. The third kappa shape index (κ3) is 2.13. The van der Waals surface area contributed by atoms with Gasteiger partial charge in [-0.25, -0.2) is 8.42 Å². The van der Waals surface area contributed by atoms with Gasteiger partial charge in [-0.15, -0.1) is 0 Å². The van der Waals surface area contributed by atoms with Crippen molar-refractivity contribution in [1.82, 2.24) is 4.31 Å². The molecule has 80 valence electrons. The zero-order chi connectivity index (χ0) is 10.8. The average Bonchev–Trinajstić information content (AvgIpc) is 2.15. The van der Waals surface area contributed by atoms with Crippen LogP contribution >= 0.6 is 0 Å². The lowest BCUT2D eigenvalue weighted by atomic mass is 10.3. The number of methoxy groups -OCH3 is 1. The fraction of sp³-hybridized carbons (Fsp3) is 0.625. The Morgan fingerprint density at radius 1 is 1.50 bits per heavy atom. The molecule has 0 aromatic carbocycles. The normalized spacial score (nSPS) is 23.0. The van der Waals surface area contributed by atoms with Gasteiger partial charge in [0.05, 0.1) is 12.9 Å². The molecule has 14 heavy (non-hydrogen) atoms. The molecule has 0 amide bonds. The van der Waals surface area contributed by atoms with E-state index in [0.717, 1.165) is 4.31 Å². The molecule has 1 rings (SSSR count). The highest BCUT2D eigenvalue weighted by Gasteiger charge is 2.32.